The van der Waals surface area contributed by atoms with Crippen molar-refractivity contribution in [2.24, 2.45) is 5.73 Å². The number of aliphatic hydroxyl groups is 1. The van der Waals surface area contributed by atoms with E-state index in [1.54, 1.807) is 0 Å². The first kappa shape index (κ1) is 23.5. The summed E-state index contributed by atoms with van der Waals surface area (Å²) in [5, 5.41) is 25.9. The number of nitrogens with one attached hydrogen (secondary N) is 5. The molecule has 0 aromatic carbocycles. The first-order chi connectivity index (χ1) is 14.8. The van der Waals surface area contributed by atoms with Crippen molar-refractivity contribution in [3.63, 3.8) is 0 Å². The maximum Gasteiger partial charge on any atom is 0.326 e. The van der Waals surface area contributed by atoms with Crippen LogP contribution in [0.25, 0.3) is 0 Å². The summed E-state index contributed by atoms with van der Waals surface area (Å²) in [5.74, 6) is -3.59. The highest BCUT2D eigenvalue weighted by Crippen LogP contribution is 2.02. The third-order valence-corrected chi connectivity index (χ3v) is 4.23. The average Bonchev–Trinajstić information content (AvgIpc) is 3.44. The number of aromatic nitrogens is 4. The summed E-state index contributed by atoms with van der Waals surface area (Å²) >= 11 is 0. The lowest BCUT2D eigenvalue weighted by Gasteiger charge is -2.23. The van der Waals surface area contributed by atoms with Gasteiger partial charge in [-0.2, -0.15) is 0 Å². The van der Waals surface area contributed by atoms with E-state index in [2.05, 4.69) is 35.9 Å². The zero-order chi connectivity index (χ0) is 22.8. The van der Waals surface area contributed by atoms with Gasteiger partial charge in [0, 0.05) is 36.6 Å². The average molecular weight is 436 g/mol. The number of aliphatic carboxylic acids is 1. The summed E-state index contributed by atoms with van der Waals surface area (Å²) in [7, 11) is 0. The van der Waals surface area contributed by atoms with Gasteiger partial charge in [0.1, 0.15) is 18.1 Å². The van der Waals surface area contributed by atoms with Crippen molar-refractivity contribution in [3.8, 4) is 0 Å². The third-order valence-electron chi connectivity index (χ3n) is 4.23. The number of carbonyl (C=O) groups excluding carboxylic acids is 3. The van der Waals surface area contributed by atoms with Crippen LogP contribution in [0.5, 0.6) is 0 Å². The molecule has 0 saturated carbocycles. The molecule has 0 spiro atoms. The smallest absolute Gasteiger partial charge is 0.326 e. The van der Waals surface area contributed by atoms with Crippen molar-refractivity contribution >= 4 is 23.7 Å². The van der Waals surface area contributed by atoms with Crippen molar-refractivity contribution in [1.29, 1.82) is 0 Å². The van der Waals surface area contributed by atoms with Crippen LogP contribution in [0, 0.1) is 0 Å². The summed E-state index contributed by atoms with van der Waals surface area (Å²) < 4.78 is 0. The van der Waals surface area contributed by atoms with Crippen LogP contribution in [-0.2, 0) is 32.0 Å². The van der Waals surface area contributed by atoms with Crippen LogP contribution in [0.4, 0.5) is 0 Å². The second-order valence-electron chi connectivity index (χ2n) is 6.53. The Morgan fingerprint density at radius 3 is 1.87 bits per heavy atom. The molecular weight excluding hydrogens is 412 g/mol. The molecule has 0 aliphatic carbocycles. The molecule has 0 aliphatic rings. The van der Waals surface area contributed by atoms with E-state index in [1.807, 2.05) is 0 Å². The molecule has 2 aromatic heterocycles. The molecule has 3 atom stereocenters. The number of carboxylic acid groups (broad SMARTS) is 1. The normalized spacial score (nSPS) is 13.6. The van der Waals surface area contributed by atoms with Crippen molar-refractivity contribution in [2.45, 2.75) is 31.0 Å². The Hall–Kier alpha value is -3.78. The number of aliphatic hydroxyl groups excluding tert-OH is 1. The largest absolute Gasteiger partial charge is 0.480 e. The maximum atomic E-state index is 12.6. The number of nitrogens with two attached hydrogens (primary N) is 1. The fourth-order valence-electron chi connectivity index (χ4n) is 2.63. The summed E-state index contributed by atoms with van der Waals surface area (Å²) in [5.41, 5.74) is 6.29. The molecule has 2 rings (SSSR count). The third kappa shape index (κ3) is 7.20. The molecule has 9 N–H and O–H groups in total. The maximum absolute atomic E-state index is 12.6. The number of hydrogen-bond donors (Lipinski definition) is 8. The monoisotopic (exact) mass is 436 g/mol. The highest BCUT2D eigenvalue weighted by Gasteiger charge is 2.29. The molecule has 0 saturated heterocycles. The summed E-state index contributed by atoms with van der Waals surface area (Å²) in [6, 6.07) is -3.88. The highest BCUT2D eigenvalue weighted by molar-refractivity contribution is 5.93. The minimum atomic E-state index is -1.45. The van der Waals surface area contributed by atoms with Crippen LogP contribution in [0.3, 0.4) is 0 Å². The van der Waals surface area contributed by atoms with Gasteiger partial charge in [-0.05, 0) is 0 Å². The number of imidazole rings is 2. The second-order valence-corrected chi connectivity index (χ2v) is 6.53. The Bertz CT molecular complexity index is 869. The van der Waals surface area contributed by atoms with Gasteiger partial charge < -0.3 is 41.9 Å². The first-order valence-corrected chi connectivity index (χ1v) is 9.22. The molecule has 2 aromatic rings. The highest BCUT2D eigenvalue weighted by atomic mass is 16.4. The van der Waals surface area contributed by atoms with Crippen molar-refractivity contribution < 1.29 is 29.4 Å². The van der Waals surface area contributed by atoms with Gasteiger partial charge in [-0.3, -0.25) is 14.4 Å². The fraction of sp³-hybridized carbons (Fsp3) is 0.412. The van der Waals surface area contributed by atoms with Gasteiger partial charge in [-0.1, -0.05) is 0 Å². The molecule has 3 amide bonds. The zero-order valence-electron chi connectivity index (χ0n) is 16.4. The Kier molecular flexibility index (Phi) is 8.65. The Labute approximate surface area is 176 Å². The van der Waals surface area contributed by atoms with E-state index in [1.165, 1.54) is 25.0 Å². The predicted molar refractivity (Wildman–Crippen MR) is 104 cm³/mol. The molecule has 0 radical (unpaired) electrons. The Balaban J connectivity index is 2.04. The number of H-pyrrole nitrogens is 2. The van der Waals surface area contributed by atoms with Gasteiger partial charge in [0.25, 0.3) is 0 Å². The van der Waals surface area contributed by atoms with Gasteiger partial charge in [-0.15, -0.1) is 0 Å². The van der Waals surface area contributed by atoms with Crippen molar-refractivity contribution in [1.82, 2.24) is 35.9 Å². The summed E-state index contributed by atoms with van der Waals surface area (Å²) in [6.07, 6.45) is 5.57. The van der Waals surface area contributed by atoms with E-state index in [9.17, 15) is 29.4 Å². The topological polar surface area (TPSA) is 228 Å². The van der Waals surface area contributed by atoms with Gasteiger partial charge in [0.15, 0.2) is 0 Å². The molecule has 0 aliphatic heterocycles. The molecule has 31 heavy (non-hydrogen) atoms. The van der Waals surface area contributed by atoms with Crippen LogP contribution in [0.1, 0.15) is 11.4 Å². The molecule has 0 bridgehead atoms. The van der Waals surface area contributed by atoms with Crippen molar-refractivity contribution in [3.05, 3.63) is 36.4 Å². The zero-order valence-corrected chi connectivity index (χ0v) is 16.4. The molecule has 14 nitrogen and oxygen atoms in total. The van der Waals surface area contributed by atoms with Crippen molar-refractivity contribution in [2.75, 3.05) is 13.2 Å². The molecule has 2 heterocycles. The summed E-state index contributed by atoms with van der Waals surface area (Å²) in [4.78, 5) is 61.4. The number of carboxylic acids is 1. The van der Waals surface area contributed by atoms with E-state index in [0.29, 0.717) is 11.4 Å². The number of amides is 3. The SMILES string of the molecule is NCC(=O)NC(Cc1cnc[nH]1)C(=O)NC(CO)C(=O)NC(Cc1cnc[nH]1)C(=O)O. The van der Waals surface area contributed by atoms with E-state index in [-0.39, 0.29) is 19.4 Å². The van der Waals surface area contributed by atoms with Crippen LogP contribution in [-0.4, -0.2) is 85.1 Å². The Morgan fingerprint density at radius 1 is 0.903 bits per heavy atom. The molecule has 3 unspecified atom stereocenters. The number of carbonyl (C=O) groups is 4. The lowest BCUT2D eigenvalue weighted by molar-refractivity contribution is -0.142. The lowest BCUT2D eigenvalue weighted by Crippen LogP contribution is -2.58. The molecule has 14 heteroatoms. The van der Waals surface area contributed by atoms with Gasteiger partial charge in [-0.25, -0.2) is 14.8 Å². The van der Waals surface area contributed by atoms with Crippen LogP contribution in [0.15, 0.2) is 25.0 Å². The predicted octanol–water partition coefficient (Wildman–Crippen LogP) is -3.59. The second kappa shape index (κ2) is 11.4. The Morgan fingerprint density at radius 2 is 1.42 bits per heavy atom. The molecule has 168 valence electrons. The molecule has 0 fully saturated rings. The van der Waals surface area contributed by atoms with E-state index in [0.717, 1.165) is 0 Å². The van der Waals surface area contributed by atoms with Crippen LogP contribution >= 0.6 is 0 Å². The number of rotatable bonds is 12. The quantitative estimate of drug-likeness (QED) is 0.164. The van der Waals surface area contributed by atoms with Crippen LogP contribution in [0.2, 0.25) is 0 Å². The van der Waals surface area contributed by atoms with E-state index >= 15 is 0 Å². The summed E-state index contributed by atoms with van der Waals surface area (Å²) in [6.45, 7) is -1.15. The van der Waals surface area contributed by atoms with Gasteiger partial charge in [0.2, 0.25) is 17.7 Å². The lowest BCUT2D eigenvalue weighted by atomic mass is 10.1. The fourth-order valence-corrected chi connectivity index (χ4v) is 2.63. The number of hydrogen-bond acceptors (Lipinski definition) is 8. The van der Waals surface area contributed by atoms with E-state index in [4.69, 9.17) is 5.73 Å². The standard InChI is InChI=1S/C17H24N8O6/c18-3-14(27)23-11(1-9-4-19-7-21-9)15(28)25-13(6-26)16(29)24-12(17(30)31)2-10-5-20-8-22-10/h4-5,7-8,11-13,26H,1-3,6,18H2,(H,19,21)(H,20,22)(H,23,27)(H,24,29)(H,25,28)(H,30,31). The molecular formula is C17H24N8O6. The number of aromatic amines is 2. The first-order valence-electron chi connectivity index (χ1n) is 9.22. The minimum absolute atomic E-state index is 0.0227. The van der Waals surface area contributed by atoms with Gasteiger partial charge in [0.05, 0.1) is 25.8 Å². The minimum Gasteiger partial charge on any atom is -0.480 e. The van der Waals surface area contributed by atoms with Crippen LogP contribution < -0.4 is 21.7 Å². The van der Waals surface area contributed by atoms with Gasteiger partial charge >= 0.3 is 5.97 Å². The van der Waals surface area contributed by atoms with E-state index < -0.39 is 48.4 Å². The number of nitrogens with zero attached hydrogens (tertiary/aromatic N) is 2.